The van der Waals surface area contributed by atoms with Crippen molar-refractivity contribution < 1.29 is 13.5 Å². The highest BCUT2D eigenvalue weighted by atomic mass is 79.9. The second-order valence-corrected chi connectivity index (χ2v) is 4.40. The number of alkyl halides is 1. The first-order valence-corrected chi connectivity index (χ1v) is 6.72. The number of ether oxygens (including phenoxy) is 1. The van der Waals surface area contributed by atoms with Gasteiger partial charge in [0, 0.05) is 13.7 Å². The topological polar surface area (TPSA) is 39.9 Å². The molecule has 0 spiro atoms. The molecule has 0 amide bonds. The minimum Gasteiger partial charge on any atom is -0.383 e. The van der Waals surface area contributed by atoms with Gasteiger partial charge >= 0.3 is 0 Å². The Morgan fingerprint density at radius 1 is 1.32 bits per heavy atom. The molecule has 0 bridgehead atoms. The van der Waals surface area contributed by atoms with Crippen molar-refractivity contribution in [3.05, 3.63) is 35.7 Å². The second kappa shape index (κ2) is 6.21. The number of hydrogen-bond acceptors (Lipinski definition) is 3. The summed E-state index contributed by atoms with van der Waals surface area (Å²) in [4.78, 5) is 0. The van der Waals surface area contributed by atoms with E-state index in [4.69, 9.17) is 4.74 Å². The van der Waals surface area contributed by atoms with E-state index in [9.17, 15) is 8.78 Å². The molecule has 1 heterocycles. The Morgan fingerprint density at radius 2 is 2.11 bits per heavy atom. The molecule has 1 aromatic heterocycles. The van der Waals surface area contributed by atoms with Gasteiger partial charge in [-0.2, -0.15) is 0 Å². The summed E-state index contributed by atoms with van der Waals surface area (Å²) in [6.45, 7) is 0.900. The lowest BCUT2D eigenvalue weighted by molar-refractivity contribution is 0.187. The van der Waals surface area contributed by atoms with Gasteiger partial charge in [-0.25, -0.2) is 8.78 Å². The van der Waals surface area contributed by atoms with Crippen LogP contribution in [-0.4, -0.2) is 28.5 Å². The molecule has 0 aliphatic carbocycles. The Kier molecular flexibility index (Phi) is 4.60. The zero-order chi connectivity index (χ0) is 13.8. The molecule has 2 rings (SSSR count). The van der Waals surface area contributed by atoms with Crippen molar-refractivity contribution in [1.82, 2.24) is 14.8 Å². The summed E-state index contributed by atoms with van der Waals surface area (Å²) >= 11 is 3.29. The third kappa shape index (κ3) is 2.98. The summed E-state index contributed by atoms with van der Waals surface area (Å²) in [5, 5.41) is 8.36. The number of methoxy groups -OCH3 is 1. The number of halogens is 3. The maximum atomic E-state index is 13.8. The zero-order valence-electron chi connectivity index (χ0n) is 10.2. The van der Waals surface area contributed by atoms with Gasteiger partial charge in [0.15, 0.2) is 5.82 Å². The average molecular weight is 332 g/mol. The lowest BCUT2D eigenvalue weighted by Crippen LogP contribution is -2.09. The molecule has 102 valence electrons. The van der Waals surface area contributed by atoms with Crippen molar-refractivity contribution >= 4 is 15.9 Å². The molecule has 0 radical (unpaired) electrons. The van der Waals surface area contributed by atoms with E-state index in [1.165, 1.54) is 0 Å². The predicted molar refractivity (Wildman–Crippen MR) is 69.9 cm³/mol. The van der Waals surface area contributed by atoms with Crippen molar-refractivity contribution in [3.63, 3.8) is 0 Å². The van der Waals surface area contributed by atoms with E-state index in [0.717, 1.165) is 18.2 Å². The Bertz CT molecular complexity index is 574. The van der Waals surface area contributed by atoms with Crippen LogP contribution in [0.3, 0.4) is 0 Å². The summed E-state index contributed by atoms with van der Waals surface area (Å²) in [5.74, 6) is -0.120. The fourth-order valence-corrected chi connectivity index (χ4v) is 2.13. The molecule has 0 unspecified atom stereocenters. The van der Waals surface area contributed by atoms with E-state index in [0.29, 0.717) is 30.1 Å². The third-order valence-electron chi connectivity index (χ3n) is 2.64. The first-order valence-electron chi connectivity index (χ1n) is 5.59. The number of hydrogen-bond donors (Lipinski definition) is 0. The van der Waals surface area contributed by atoms with Gasteiger partial charge in [-0.05, 0) is 18.2 Å². The first-order chi connectivity index (χ1) is 9.17. The van der Waals surface area contributed by atoms with Crippen LogP contribution < -0.4 is 0 Å². The van der Waals surface area contributed by atoms with Gasteiger partial charge in [0.1, 0.15) is 17.5 Å². The summed E-state index contributed by atoms with van der Waals surface area (Å²) in [5.41, 5.74) is 0.0933. The minimum absolute atomic E-state index is 0.0933. The van der Waals surface area contributed by atoms with E-state index in [-0.39, 0.29) is 5.56 Å². The Balaban J connectivity index is 2.49. The van der Waals surface area contributed by atoms with E-state index >= 15 is 0 Å². The smallest absolute Gasteiger partial charge is 0.167 e. The molecule has 1 aromatic carbocycles. The third-order valence-corrected chi connectivity index (χ3v) is 3.14. The highest BCUT2D eigenvalue weighted by Crippen LogP contribution is 2.23. The first kappa shape index (κ1) is 14.1. The second-order valence-electron chi connectivity index (χ2n) is 3.84. The van der Waals surface area contributed by atoms with Crippen molar-refractivity contribution in [3.8, 4) is 11.4 Å². The monoisotopic (exact) mass is 331 g/mol. The van der Waals surface area contributed by atoms with Crippen LogP contribution in [0.25, 0.3) is 11.4 Å². The van der Waals surface area contributed by atoms with E-state index in [1.54, 1.807) is 11.7 Å². The van der Waals surface area contributed by atoms with Gasteiger partial charge in [0.2, 0.25) is 0 Å². The number of nitrogens with zero attached hydrogens (tertiary/aromatic N) is 3. The Labute approximate surface area is 117 Å². The molecule has 0 fully saturated rings. The molecular formula is C12H12BrF2N3O. The minimum atomic E-state index is -0.534. The summed E-state index contributed by atoms with van der Waals surface area (Å²) in [6, 6.07) is 3.26. The van der Waals surface area contributed by atoms with Crippen LogP contribution in [0.15, 0.2) is 18.2 Å². The number of aromatic nitrogens is 3. The lowest BCUT2D eigenvalue weighted by Gasteiger charge is -2.09. The standard InChI is InChI=1S/C12H12BrF2N3O/c1-19-5-4-18-11(7-13)16-17-12(18)9-6-8(14)2-3-10(9)15/h2-3,6H,4-5,7H2,1H3. The fraction of sp³-hybridized carbons (Fsp3) is 0.333. The molecule has 0 saturated carbocycles. The summed E-state index contributed by atoms with van der Waals surface area (Å²) in [7, 11) is 1.57. The van der Waals surface area contributed by atoms with Gasteiger partial charge in [-0.15, -0.1) is 10.2 Å². The molecule has 4 nitrogen and oxygen atoms in total. The lowest BCUT2D eigenvalue weighted by atomic mass is 10.2. The van der Waals surface area contributed by atoms with Crippen LogP contribution in [0.4, 0.5) is 8.78 Å². The normalized spacial score (nSPS) is 10.9. The van der Waals surface area contributed by atoms with Gasteiger partial charge in [0.25, 0.3) is 0 Å². The highest BCUT2D eigenvalue weighted by Gasteiger charge is 2.16. The van der Waals surface area contributed by atoms with Crippen LogP contribution in [0, 0.1) is 11.6 Å². The maximum Gasteiger partial charge on any atom is 0.167 e. The molecule has 7 heteroatoms. The van der Waals surface area contributed by atoms with Crippen LogP contribution in [0.1, 0.15) is 5.82 Å². The molecule has 0 aliphatic heterocycles. The SMILES string of the molecule is COCCn1c(CBr)nnc1-c1cc(F)ccc1F. The van der Waals surface area contributed by atoms with Crippen LogP contribution >= 0.6 is 15.9 Å². The zero-order valence-corrected chi connectivity index (χ0v) is 11.8. The molecule has 0 aliphatic rings. The van der Waals surface area contributed by atoms with Gasteiger partial charge in [0.05, 0.1) is 17.5 Å². The molecule has 0 saturated heterocycles. The predicted octanol–water partition coefficient (Wildman–Crippen LogP) is 2.76. The van der Waals surface area contributed by atoms with Gasteiger partial charge in [-0.1, -0.05) is 15.9 Å². The highest BCUT2D eigenvalue weighted by molar-refractivity contribution is 9.08. The van der Waals surface area contributed by atoms with Crippen LogP contribution in [0.5, 0.6) is 0 Å². The molecular weight excluding hydrogens is 320 g/mol. The largest absolute Gasteiger partial charge is 0.383 e. The Hall–Kier alpha value is -1.34. The number of rotatable bonds is 5. The molecule has 0 atom stereocenters. The number of benzene rings is 1. The Morgan fingerprint density at radius 3 is 2.79 bits per heavy atom. The van der Waals surface area contributed by atoms with Gasteiger partial charge < -0.3 is 9.30 Å². The summed E-state index contributed by atoms with van der Waals surface area (Å²) in [6.07, 6.45) is 0. The summed E-state index contributed by atoms with van der Waals surface area (Å²) < 4.78 is 33.7. The van der Waals surface area contributed by atoms with Crippen molar-refractivity contribution in [2.45, 2.75) is 11.9 Å². The maximum absolute atomic E-state index is 13.8. The van der Waals surface area contributed by atoms with Crippen LogP contribution in [0.2, 0.25) is 0 Å². The van der Waals surface area contributed by atoms with E-state index in [2.05, 4.69) is 26.1 Å². The molecule has 19 heavy (non-hydrogen) atoms. The van der Waals surface area contributed by atoms with E-state index in [1.807, 2.05) is 0 Å². The quantitative estimate of drug-likeness (QED) is 0.791. The van der Waals surface area contributed by atoms with Crippen molar-refractivity contribution in [1.29, 1.82) is 0 Å². The van der Waals surface area contributed by atoms with Crippen LogP contribution in [-0.2, 0) is 16.6 Å². The average Bonchev–Trinajstić information content (AvgIpc) is 2.81. The van der Waals surface area contributed by atoms with E-state index < -0.39 is 11.6 Å². The van der Waals surface area contributed by atoms with Crippen molar-refractivity contribution in [2.24, 2.45) is 0 Å². The molecule has 2 aromatic rings. The molecule has 0 N–H and O–H groups in total. The van der Waals surface area contributed by atoms with Crippen molar-refractivity contribution in [2.75, 3.05) is 13.7 Å². The van der Waals surface area contributed by atoms with Gasteiger partial charge in [-0.3, -0.25) is 0 Å². The fourth-order valence-electron chi connectivity index (χ4n) is 1.72.